The number of guanidine groups is 1. The summed E-state index contributed by atoms with van der Waals surface area (Å²) in [6, 6.07) is 9.67. The molecule has 31 heavy (non-hydrogen) atoms. The van der Waals surface area contributed by atoms with Gasteiger partial charge in [0.1, 0.15) is 5.82 Å². The molecule has 10 heteroatoms. The van der Waals surface area contributed by atoms with Crippen LogP contribution in [0, 0.1) is 0 Å². The third kappa shape index (κ3) is 7.80. The number of alkyl halides is 3. The van der Waals surface area contributed by atoms with E-state index in [1.54, 1.807) is 33.3 Å². The van der Waals surface area contributed by atoms with Gasteiger partial charge in [-0.2, -0.15) is 13.2 Å². The van der Waals surface area contributed by atoms with Gasteiger partial charge in [-0.1, -0.05) is 12.1 Å². The molecular weight excluding hydrogens is 409 g/mol. The van der Waals surface area contributed by atoms with Gasteiger partial charge in [0.2, 0.25) is 0 Å². The zero-order chi connectivity index (χ0) is 22.9. The van der Waals surface area contributed by atoms with Crippen LogP contribution >= 0.6 is 0 Å². The summed E-state index contributed by atoms with van der Waals surface area (Å²) in [7, 11) is 5.09. The Bertz CT molecular complexity index is 864. The van der Waals surface area contributed by atoms with E-state index in [0.29, 0.717) is 43.4 Å². The van der Waals surface area contributed by atoms with Crippen LogP contribution in [0.15, 0.2) is 47.6 Å². The van der Waals surface area contributed by atoms with Gasteiger partial charge in [0.25, 0.3) is 5.91 Å². The summed E-state index contributed by atoms with van der Waals surface area (Å²) in [5, 5.41) is 9.34. The van der Waals surface area contributed by atoms with E-state index >= 15 is 0 Å². The van der Waals surface area contributed by atoms with Gasteiger partial charge in [0.05, 0.1) is 5.56 Å². The highest BCUT2D eigenvalue weighted by atomic mass is 19.4. The highest BCUT2D eigenvalue weighted by Crippen LogP contribution is 2.28. The second-order valence-electron chi connectivity index (χ2n) is 6.96. The third-order valence-electron chi connectivity index (χ3n) is 4.33. The van der Waals surface area contributed by atoms with Gasteiger partial charge >= 0.3 is 6.18 Å². The minimum absolute atomic E-state index is 0.0444. The van der Waals surface area contributed by atoms with Crippen molar-refractivity contribution in [2.75, 3.05) is 39.5 Å². The smallest absolute Gasteiger partial charge is 0.370 e. The van der Waals surface area contributed by atoms with Crippen LogP contribution in [-0.2, 0) is 12.7 Å². The van der Waals surface area contributed by atoms with Gasteiger partial charge in [0.15, 0.2) is 5.96 Å². The fraction of sp³-hybridized carbons (Fsp3) is 0.381. The van der Waals surface area contributed by atoms with Crippen molar-refractivity contribution in [2.45, 2.75) is 19.1 Å². The Morgan fingerprint density at radius 3 is 2.32 bits per heavy atom. The molecule has 1 amide bonds. The standard InChI is InChI=1S/C21H27F3N6O/c1-25-20(29-13-15-5-7-16(8-6-15)19(31)30(2)3)27-12-4-11-26-18-10-9-17(14-28-18)21(22,23)24/h5-10,14H,4,11-13H2,1-3H3,(H,26,28)(H2,25,27,29). The first-order valence-electron chi connectivity index (χ1n) is 9.73. The highest BCUT2D eigenvalue weighted by Gasteiger charge is 2.30. The molecule has 0 spiro atoms. The summed E-state index contributed by atoms with van der Waals surface area (Å²) in [4.78, 5) is 21.4. The zero-order valence-electron chi connectivity index (χ0n) is 17.8. The maximum Gasteiger partial charge on any atom is 0.417 e. The predicted octanol–water partition coefficient (Wildman–Crippen LogP) is 2.97. The summed E-state index contributed by atoms with van der Waals surface area (Å²) in [6.45, 7) is 1.71. The predicted molar refractivity (Wildman–Crippen MR) is 115 cm³/mol. The molecule has 0 unspecified atom stereocenters. The fourth-order valence-corrected chi connectivity index (χ4v) is 2.61. The lowest BCUT2D eigenvalue weighted by Crippen LogP contribution is -2.37. The first-order valence-corrected chi connectivity index (χ1v) is 9.73. The number of nitrogens with one attached hydrogen (secondary N) is 3. The average molecular weight is 436 g/mol. The van der Waals surface area contributed by atoms with Gasteiger partial charge in [-0.15, -0.1) is 0 Å². The molecule has 0 bridgehead atoms. The van der Waals surface area contributed by atoms with Crippen LogP contribution in [0.5, 0.6) is 0 Å². The second kappa shape index (κ2) is 11.2. The molecule has 0 aliphatic rings. The van der Waals surface area contributed by atoms with Crippen LogP contribution in [0.25, 0.3) is 0 Å². The zero-order valence-corrected chi connectivity index (χ0v) is 17.8. The maximum atomic E-state index is 12.5. The van der Waals surface area contributed by atoms with E-state index in [1.165, 1.54) is 11.0 Å². The number of pyridine rings is 1. The molecule has 0 fully saturated rings. The van der Waals surface area contributed by atoms with Crippen LogP contribution in [-0.4, -0.2) is 56.0 Å². The van der Waals surface area contributed by atoms with E-state index in [-0.39, 0.29) is 5.91 Å². The molecule has 2 aromatic rings. The monoisotopic (exact) mass is 436 g/mol. The van der Waals surface area contributed by atoms with Crippen molar-refractivity contribution >= 4 is 17.7 Å². The largest absolute Gasteiger partial charge is 0.417 e. The number of rotatable bonds is 8. The number of anilines is 1. The number of aromatic nitrogens is 1. The molecule has 0 aliphatic heterocycles. The molecule has 0 atom stereocenters. The second-order valence-corrected chi connectivity index (χ2v) is 6.96. The summed E-state index contributed by atoms with van der Waals surface area (Å²) < 4.78 is 37.6. The number of carbonyl (C=O) groups excluding carboxylic acids is 1. The van der Waals surface area contributed by atoms with Crippen molar-refractivity contribution in [1.82, 2.24) is 20.5 Å². The van der Waals surface area contributed by atoms with Crippen LogP contribution in [0.2, 0.25) is 0 Å². The molecule has 1 aromatic carbocycles. The first kappa shape index (κ1) is 24.0. The number of amides is 1. The normalized spacial score (nSPS) is 11.7. The van der Waals surface area contributed by atoms with E-state index in [2.05, 4.69) is 25.9 Å². The lowest BCUT2D eigenvalue weighted by atomic mass is 10.1. The Kier molecular flexibility index (Phi) is 8.65. The van der Waals surface area contributed by atoms with E-state index in [0.717, 1.165) is 17.8 Å². The van der Waals surface area contributed by atoms with Gasteiger partial charge in [0, 0.05) is 52.5 Å². The number of hydrogen-bond acceptors (Lipinski definition) is 4. The molecule has 3 N–H and O–H groups in total. The number of benzene rings is 1. The van der Waals surface area contributed by atoms with Gasteiger partial charge in [-0.3, -0.25) is 9.79 Å². The van der Waals surface area contributed by atoms with Crippen LogP contribution in [0.3, 0.4) is 0 Å². The Labute approximate surface area is 179 Å². The number of carbonyl (C=O) groups is 1. The quantitative estimate of drug-likeness (QED) is 0.337. The van der Waals surface area contributed by atoms with E-state index in [1.807, 2.05) is 12.1 Å². The summed E-state index contributed by atoms with van der Waals surface area (Å²) >= 11 is 0. The first-order chi connectivity index (χ1) is 14.7. The van der Waals surface area contributed by atoms with Crippen molar-refractivity contribution < 1.29 is 18.0 Å². The van der Waals surface area contributed by atoms with Crippen LogP contribution in [0.4, 0.5) is 19.0 Å². The summed E-state index contributed by atoms with van der Waals surface area (Å²) in [6.07, 6.45) is -2.86. The fourth-order valence-electron chi connectivity index (χ4n) is 2.61. The Balaban J connectivity index is 1.69. The molecule has 168 valence electrons. The molecule has 1 heterocycles. The number of halogens is 3. The molecule has 1 aromatic heterocycles. The average Bonchev–Trinajstić information content (AvgIpc) is 2.75. The van der Waals surface area contributed by atoms with E-state index in [9.17, 15) is 18.0 Å². The van der Waals surface area contributed by atoms with Gasteiger partial charge in [-0.05, 0) is 36.2 Å². The van der Waals surface area contributed by atoms with E-state index < -0.39 is 11.7 Å². The summed E-state index contributed by atoms with van der Waals surface area (Å²) in [5.41, 5.74) is 0.869. The number of hydrogen-bond donors (Lipinski definition) is 3. The number of aliphatic imine (C=N–C) groups is 1. The molecule has 0 radical (unpaired) electrons. The van der Waals surface area contributed by atoms with Crippen molar-refractivity contribution in [1.29, 1.82) is 0 Å². The van der Waals surface area contributed by atoms with Crippen LogP contribution in [0.1, 0.15) is 27.9 Å². The van der Waals surface area contributed by atoms with Crippen molar-refractivity contribution in [3.63, 3.8) is 0 Å². The lowest BCUT2D eigenvalue weighted by molar-refractivity contribution is -0.137. The molecular formula is C21H27F3N6O. The number of nitrogens with zero attached hydrogens (tertiary/aromatic N) is 3. The Hall–Kier alpha value is -3.30. The third-order valence-corrected chi connectivity index (χ3v) is 4.33. The highest BCUT2D eigenvalue weighted by molar-refractivity contribution is 5.93. The molecule has 2 rings (SSSR count). The summed E-state index contributed by atoms with van der Waals surface area (Å²) in [5.74, 6) is 0.977. The minimum atomic E-state index is -4.38. The molecule has 7 nitrogen and oxygen atoms in total. The van der Waals surface area contributed by atoms with Crippen molar-refractivity contribution in [3.8, 4) is 0 Å². The molecule has 0 aliphatic carbocycles. The topological polar surface area (TPSA) is 81.6 Å². The molecule has 0 saturated carbocycles. The van der Waals surface area contributed by atoms with E-state index in [4.69, 9.17) is 0 Å². The Morgan fingerprint density at radius 1 is 1.06 bits per heavy atom. The van der Waals surface area contributed by atoms with Crippen molar-refractivity contribution in [2.24, 2.45) is 4.99 Å². The van der Waals surface area contributed by atoms with Crippen LogP contribution < -0.4 is 16.0 Å². The van der Waals surface area contributed by atoms with Crippen molar-refractivity contribution in [3.05, 3.63) is 59.3 Å². The minimum Gasteiger partial charge on any atom is -0.370 e. The van der Waals surface area contributed by atoms with Gasteiger partial charge in [-0.25, -0.2) is 4.98 Å². The Morgan fingerprint density at radius 2 is 1.77 bits per heavy atom. The maximum absolute atomic E-state index is 12.5. The SMILES string of the molecule is CN=C(NCCCNc1ccc(C(F)(F)F)cn1)NCc1ccc(C(=O)N(C)C)cc1. The van der Waals surface area contributed by atoms with Gasteiger partial charge < -0.3 is 20.9 Å². The lowest BCUT2D eigenvalue weighted by Gasteiger charge is -2.13. The molecule has 0 saturated heterocycles.